The highest BCUT2D eigenvalue weighted by Crippen LogP contribution is 2.40. The van der Waals surface area contributed by atoms with Gasteiger partial charge in [-0.25, -0.2) is 0 Å². The molecule has 10 aliphatic heterocycles. The zero-order valence-corrected chi connectivity index (χ0v) is 58.0. The number of rotatable bonds is 28. The first-order valence-electron chi connectivity index (χ1n) is 35.2. The van der Waals surface area contributed by atoms with Gasteiger partial charge in [-0.2, -0.15) is 0 Å². The second kappa shape index (κ2) is 39.4. The minimum atomic E-state index is -2.46. The lowest BCUT2D eigenvalue weighted by atomic mass is 9.95. The lowest BCUT2D eigenvalue weighted by molar-refractivity contribution is -0.400. The summed E-state index contributed by atoms with van der Waals surface area (Å²) in [6, 6.07) is 0. The third kappa shape index (κ3) is 18.9. The average Bonchev–Trinajstić information content (AvgIpc) is 0.775. The molecule has 10 fully saturated rings. The van der Waals surface area contributed by atoms with Crippen molar-refractivity contribution in [3.05, 3.63) is 0 Å². The summed E-state index contributed by atoms with van der Waals surface area (Å²) in [5.74, 6) is 0. The van der Waals surface area contributed by atoms with Crippen LogP contribution in [-0.4, -0.2) is 537 Å². The molecule has 648 valence electrons. The summed E-state index contributed by atoms with van der Waals surface area (Å²) in [5, 5.41) is 346. The second-order valence-corrected chi connectivity index (χ2v) is 28.0. The zero-order chi connectivity index (χ0) is 81.4. The van der Waals surface area contributed by atoms with Gasteiger partial charge in [0.25, 0.3) is 0 Å². The van der Waals surface area contributed by atoms with Crippen molar-refractivity contribution in [3.8, 4) is 0 Å². The molecule has 0 bridgehead atoms. The molecule has 10 heterocycles. The minimum Gasteiger partial charge on any atom is -0.394 e. The summed E-state index contributed by atoms with van der Waals surface area (Å²) in [6.07, 6.45) is -103. The van der Waals surface area contributed by atoms with Crippen LogP contribution in [0.4, 0.5) is 0 Å². The molecular weight excluding hydrogens is 1540 g/mol. The highest BCUT2D eigenvalue weighted by molar-refractivity contribution is 5.03. The maximum atomic E-state index is 12.0. The van der Waals surface area contributed by atoms with E-state index < -0.39 is 373 Å². The molecule has 0 aliphatic carbocycles. The lowest BCUT2D eigenvalue weighted by Gasteiger charge is -2.50. The maximum Gasteiger partial charge on any atom is 0.187 e. The van der Waals surface area contributed by atoms with E-state index in [1.807, 2.05) is 0 Å². The first-order valence-corrected chi connectivity index (χ1v) is 35.2. The molecule has 10 saturated heterocycles. The summed E-state index contributed by atoms with van der Waals surface area (Å²) in [4.78, 5) is 0. The fourth-order valence-electron chi connectivity index (χ4n) is 14.4. The van der Waals surface area contributed by atoms with E-state index >= 15 is 0 Å². The van der Waals surface area contributed by atoms with Crippen LogP contribution < -0.4 is 0 Å². The highest BCUT2D eigenvalue weighted by atomic mass is 16.8. The Bertz CT molecular complexity index is 2770. The van der Waals surface area contributed by atoms with E-state index in [2.05, 4.69) is 0 Å². The molecule has 0 saturated carbocycles. The molecule has 0 aromatic carbocycles. The van der Waals surface area contributed by atoms with Crippen LogP contribution in [0, 0.1) is 0 Å². The van der Waals surface area contributed by atoms with Crippen LogP contribution in [0.25, 0.3) is 0 Å². The Morgan fingerprint density at radius 2 is 0.315 bits per heavy atom. The molecule has 0 aromatic heterocycles. The van der Waals surface area contributed by atoms with Crippen molar-refractivity contribution in [2.75, 3.05) is 66.1 Å². The molecule has 10 aliphatic rings. The third-order valence-corrected chi connectivity index (χ3v) is 20.9. The molecule has 32 N–H and O–H groups in total. The van der Waals surface area contributed by atoms with E-state index in [0.29, 0.717) is 0 Å². The van der Waals surface area contributed by atoms with Gasteiger partial charge < -0.3 is 253 Å². The first kappa shape index (κ1) is 91.3. The van der Waals surface area contributed by atoms with Gasteiger partial charge in [0.15, 0.2) is 62.9 Å². The van der Waals surface area contributed by atoms with Crippen molar-refractivity contribution in [1.29, 1.82) is 0 Å². The summed E-state index contributed by atoms with van der Waals surface area (Å²) < 4.78 is 107. The molecule has 0 spiro atoms. The fourth-order valence-corrected chi connectivity index (χ4v) is 14.4. The SMILES string of the molecule is OC[C@H]1O[C@H](O[C@H]2[C@H](O)[C@@H](O)[C@@H](O[C@H]3[C@H](O)[C@@H](O)[C@@H](O[C@H]4[C@H](O)[C@@H](O)[C@@H](OC[C@H]5O[C@H](O[C@H]6[C@H](O)[C@@H](O)[C@@H](O[C@H]7[C@H](O)[C@@H](O)[C@@H](O)O[C@@H]7CO)O[C@@H]6CO)[C@H](O)[C@@H](O)[C@@H]5O[C@H]5O[C@H](CO)[C@@H](O[C@H]6O[C@H](CO)[C@@H](O[C@H]7O[C@H](CO)[C@@H](O)[C@H](O)[C@H]7O)[C@H](O)[C@H]6O)[C@H](O)[C@H]5O)O[C@@H]4CO)O[C@@H]3CO)O[C@@H]2CO)[C@H](O)[C@@H](O)[C@@H]1O. The summed E-state index contributed by atoms with van der Waals surface area (Å²) in [7, 11) is 0. The van der Waals surface area contributed by atoms with Crippen molar-refractivity contribution < 1.29 is 253 Å². The standard InChI is InChI=1S/C60H102O51/c61-1-11-21(70)23(72)34(83)53(95-11)105-45-15(5-65)99-57(38(87)27(45)76)108-47-17(7-67)101-56(40(89)29(47)78)107-44-14(4-64)97-52(36(85)26(44)75)93-10-20-50(32(81)42(91)60(103-20)110-49-19(9-69)98-55(37(86)30(49)79)104-43-13(3-63)94-51(92)33(82)25(43)74)111-59-41(90)31(80)48(18(8-68)102-59)109-58-39(88)28(77)46(16(6-66)100-58)106-54-35(84)24(73)22(71)12(2-62)96-54/h11-92H,1-10H2/t11-,12-,13-,14-,15-,16-,17-,18-,19-,20-,21-,22-,23+,24+,25-,26-,27-,28-,29-,30-,31-,32-,33-,34-,35-,36-,37-,38-,39-,40-,41-,42-,43-,44-,45-,46-,47-,48-,49-,50-,51+,52+,53-,54-,55-,56-,57-,58-,59-,60-/m1/s1. The van der Waals surface area contributed by atoms with Crippen molar-refractivity contribution >= 4 is 0 Å². The Morgan fingerprint density at radius 1 is 0.153 bits per heavy atom. The van der Waals surface area contributed by atoms with Crippen LogP contribution in [0.2, 0.25) is 0 Å². The number of aliphatic hydroxyl groups excluding tert-OH is 32. The van der Waals surface area contributed by atoms with Crippen LogP contribution in [0.3, 0.4) is 0 Å². The van der Waals surface area contributed by atoms with Gasteiger partial charge in [-0.1, -0.05) is 0 Å². The largest absolute Gasteiger partial charge is 0.394 e. The summed E-state index contributed by atoms with van der Waals surface area (Å²) in [5.41, 5.74) is 0. The van der Waals surface area contributed by atoms with E-state index in [4.69, 9.17) is 90.0 Å². The summed E-state index contributed by atoms with van der Waals surface area (Å²) >= 11 is 0. The van der Waals surface area contributed by atoms with Gasteiger partial charge in [0.2, 0.25) is 0 Å². The number of aliphatic hydroxyl groups is 32. The zero-order valence-electron chi connectivity index (χ0n) is 58.0. The fraction of sp³-hybridized carbons (Fsp3) is 1.00. The molecule has 10 rings (SSSR count). The number of hydrogen-bond donors (Lipinski definition) is 32. The maximum absolute atomic E-state index is 12.0. The topological polar surface area (TPSA) is 823 Å². The summed E-state index contributed by atoms with van der Waals surface area (Å²) in [6.45, 7) is -10.7. The molecule has 0 radical (unpaired) electrons. The van der Waals surface area contributed by atoms with E-state index in [1.165, 1.54) is 0 Å². The Kier molecular flexibility index (Phi) is 32.4. The highest BCUT2D eigenvalue weighted by Gasteiger charge is 2.61. The molecule has 0 amide bonds. The smallest absolute Gasteiger partial charge is 0.187 e. The molecule has 0 unspecified atom stereocenters. The monoisotopic (exact) mass is 1640 g/mol. The van der Waals surface area contributed by atoms with Crippen molar-refractivity contribution in [3.63, 3.8) is 0 Å². The van der Waals surface area contributed by atoms with Crippen LogP contribution in [-0.2, 0) is 90.0 Å². The van der Waals surface area contributed by atoms with Crippen LogP contribution in [0.5, 0.6) is 0 Å². The molecule has 111 heavy (non-hydrogen) atoms. The minimum absolute atomic E-state index is 0.887. The molecule has 0 aromatic rings. The van der Waals surface area contributed by atoms with Crippen LogP contribution in [0.1, 0.15) is 0 Å². The molecule has 51 nitrogen and oxygen atoms in total. The molecule has 51 heteroatoms. The predicted octanol–water partition coefficient (Wildman–Crippen LogP) is -22.8. The Hall–Kier alpha value is -2.04. The lowest BCUT2D eigenvalue weighted by Crippen LogP contribution is -2.68. The van der Waals surface area contributed by atoms with E-state index in [-0.39, 0.29) is 0 Å². The normalized spacial score (nSPS) is 53.7. The van der Waals surface area contributed by atoms with Gasteiger partial charge in [-0.3, -0.25) is 0 Å². The van der Waals surface area contributed by atoms with Crippen molar-refractivity contribution in [1.82, 2.24) is 0 Å². The van der Waals surface area contributed by atoms with Crippen molar-refractivity contribution in [2.24, 2.45) is 0 Å². The van der Waals surface area contributed by atoms with Gasteiger partial charge >= 0.3 is 0 Å². The Balaban J connectivity index is 0.828. The Morgan fingerprint density at radius 3 is 0.541 bits per heavy atom. The van der Waals surface area contributed by atoms with Gasteiger partial charge in [-0.15, -0.1) is 0 Å². The average molecular weight is 1640 g/mol. The molecule has 50 atom stereocenters. The van der Waals surface area contributed by atoms with Gasteiger partial charge in [-0.05, 0) is 0 Å². The quantitative estimate of drug-likeness (QED) is 0.0346. The van der Waals surface area contributed by atoms with Gasteiger partial charge in [0.1, 0.15) is 244 Å². The third-order valence-electron chi connectivity index (χ3n) is 20.9. The van der Waals surface area contributed by atoms with E-state index in [1.54, 1.807) is 0 Å². The van der Waals surface area contributed by atoms with E-state index in [9.17, 15) is 163 Å². The van der Waals surface area contributed by atoms with Gasteiger partial charge in [0, 0.05) is 0 Å². The first-order chi connectivity index (χ1) is 52.7. The Labute approximate surface area is 625 Å². The van der Waals surface area contributed by atoms with E-state index in [0.717, 1.165) is 0 Å². The van der Waals surface area contributed by atoms with Gasteiger partial charge in [0.05, 0.1) is 66.1 Å². The second-order valence-electron chi connectivity index (χ2n) is 28.0. The van der Waals surface area contributed by atoms with Crippen LogP contribution >= 0.6 is 0 Å². The van der Waals surface area contributed by atoms with Crippen LogP contribution in [0.15, 0.2) is 0 Å². The predicted molar refractivity (Wildman–Crippen MR) is 330 cm³/mol. The molecular formula is C60H102O51. The number of hydrogen-bond acceptors (Lipinski definition) is 51. The van der Waals surface area contributed by atoms with Crippen molar-refractivity contribution in [2.45, 2.75) is 307 Å². The number of ether oxygens (including phenoxy) is 19.